The number of hydrogen-bond acceptors (Lipinski definition) is 5. The summed E-state index contributed by atoms with van der Waals surface area (Å²) in [4.78, 5) is 42.6. The molecule has 0 bridgehead atoms. The van der Waals surface area contributed by atoms with Gasteiger partial charge in [0.25, 0.3) is 11.5 Å². The topological polar surface area (TPSA) is 102 Å². The zero-order valence-corrected chi connectivity index (χ0v) is 17.6. The molecule has 8 nitrogen and oxygen atoms in total. The highest BCUT2D eigenvalue weighted by Crippen LogP contribution is 2.25. The van der Waals surface area contributed by atoms with Gasteiger partial charge >= 0.3 is 0 Å². The minimum atomic E-state index is -0.592. The normalized spacial score (nSPS) is 10.4. The predicted octanol–water partition coefficient (Wildman–Crippen LogP) is 2.62. The minimum Gasteiger partial charge on any atom is -0.495 e. The number of methoxy groups -OCH3 is 1. The van der Waals surface area contributed by atoms with Gasteiger partial charge in [-0.2, -0.15) is 0 Å². The molecule has 0 unspecified atom stereocenters. The molecule has 160 valence electrons. The summed E-state index contributed by atoms with van der Waals surface area (Å²) >= 11 is 0. The van der Waals surface area contributed by atoms with Crippen LogP contribution in [0.4, 0.5) is 5.69 Å². The molecule has 3 aromatic rings. The Bertz CT molecular complexity index is 1160. The van der Waals surface area contributed by atoms with Gasteiger partial charge in [0.1, 0.15) is 23.7 Å². The number of carbonyl (C=O) groups excluding carboxylic acids is 2. The van der Waals surface area contributed by atoms with E-state index in [0.29, 0.717) is 29.4 Å². The van der Waals surface area contributed by atoms with Gasteiger partial charge in [-0.3, -0.25) is 19.0 Å². The van der Waals surface area contributed by atoms with Crippen molar-refractivity contribution in [2.24, 2.45) is 0 Å². The number of ether oxygens (including phenoxy) is 1. The number of amides is 2. The van der Waals surface area contributed by atoms with E-state index in [1.54, 1.807) is 43.3 Å². The van der Waals surface area contributed by atoms with Crippen molar-refractivity contribution < 1.29 is 14.3 Å². The Kier molecular flexibility index (Phi) is 6.81. The molecule has 0 saturated carbocycles. The monoisotopic (exact) mass is 420 g/mol. The van der Waals surface area contributed by atoms with Crippen LogP contribution in [0.25, 0.3) is 11.4 Å². The van der Waals surface area contributed by atoms with Crippen molar-refractivity contribution in [3.63, 3.8) is 0 Å². The quantitative estimate of drug-likeness (QED) is 0.612. The number of rotatable bonds is 7. The van der Waals surface area contributed by atoms with Crippen molar-refractivity contribution in [1.82, 2.24) is 14.9 Å². The first-order valence-corrected chi connectivity index (χ1v) is 9.82. The second kappa shape index (κ2) is 9.71. The summed E-state index contributed by atoms with van der Waals surface area (Å²) < 4.78 is 6.50. The smallest absolute Gasteiger partial charge is 0.267 e. The Morgan fingerprint density at radius 3 is 2.55 bits per heavy atom. The molecule has 1 heterocycles. The van der Waals surface area contributed by atoms with E-state index in [2.05, 4.69) is 15.6 Å². The second-order valence-electron chi connectivity index (χ2n) is 6.86. The van der Waals surface area contributed by atoms with E-state index in [1.807, 2.05) is 19.1 Å². The lowest BCUT2D eigenvalue weighted by Crippen LogP contribution is -2.36. The first-order valence-electron chi connectivity index (χ1n) is 9.82. The van der Waals surface area contributed by atoms with Gasteiger partial charge in [-0.25, -0.2) is 4.98 Å². The Labute approximate surface area is 179 Å². The summed E-state index contributed by atoms with van der Waals surface area (Å²) in [5.41, 5.74) is 1.38. The Morgan fingerprint density at radius 1 is 1.13 bits per heavy atom. The molecule has 3 rings (SSSR count). The third kappa shape index (κ3) is 4.98. The van der Waals surface area contributed by atoms with Crippen molar-refractivity contribution in [3.8, 4) is 17.1 Å². The van der Waals surface area contributed by atoms with E-state index in [4.69, 9.17) is 4.74 Å². The highest BCUT2D eigenvalue weighted by atomic mass is 16.5. The van der Waals surface area contributed by atoms with E-state index in [1.165, 1.54) is 17.9 Å². The fourth-order valence-electron chi connectivity index (χ4n) is 3.12. The molecule has 0 atom stereocenters. The van der Waals surface area contributed by atoms with Crippen LogP contribution in [-0.4, -0.2) is 35.0 Å². The Morgan fingerprint density at radius 2 is 1.87 bits per heavy atom. The van der Waals surface area contributed by atoms with Crippen LogP contribution in [0.15, 0.2) is 59.5 Å². The number of anilines is 1. The van der Waals surface area contributed by atoms with Gasteiger partial charge in [0.2, 0.25) is 5.91 Å². The molecule has 0 aliphatic rings. The number of hydrogen-bond donors (Lipinski definition) is 2. The van der Waals surface area contributed by atoms with Crippen LogP contribution < -0.4 is 20.9 Å². The zero-order chi connectivity index (χ0) is 22.4. The summed E-state index contributed by atoms with van der Waals surface area (Å²) in [6.07, 6.45) is 1.24. The van der Waals surface area contributed by atoms with Crippen LogP contribution in [0.2, 0.25) is 0 Å². The van der Waals surface area contributed by atoms with Crippen molar-refractivity contribution in [1.29, 1.82) is 0 Å². The maximum atomic E-state index is 13.1. The number of nitrogens with zero attached hydrogens (tertiary/aromatic N) is 2. The molecule has 1 aromatic heterocycles. The molecule has 0 spiro atoms. The fourth-order valence-corrected chi connectivity index (χ4v) is 3.12. The van der Waals surface area contributed by atoms with E-state index in [-0.39, 0.29) is 12.1 Å². The van der Waals surface area contributed by atoms with E-state index >= 15 is 0 Å². The molecule has 0 saturated heterocycles. The summed E-state index contributed by atoms with van der Waals surface area (Å²) in [7, 11) is 1.51. The summed E-state index contributed by atoms with van der Waals surface area (Å²) in [5, 5.41) is 5.37. The van der Waals surface area contributed by atoms with Gasteiger partial charge in [-0.1, -0.05) is 36.4 Å². The molecule has 0 aliphatic carbocycles. The number of carbonyl (C=O) groups is 2. The van der Waals surface area contributed by atoms with Crippen LogP contribution >= 0.6 is 0 Å². The first kappa shape index (κ1) is 21.8. The maximum Gasteiger partial charge on any atom is 0.267 e. The van der Waals surface area contributed by atoms with Crippen molar-refractivity contribution in [2.75, 3.05) is 19.0 Å². The average molecular weight is 420 g/mol. The lowest BCUT2D eigenvalue weighted by Gasteiger charge is -2.15. The molecule has 2 amide bonds. The van der Waals surface area contributed by atoms with Crippen molar-refractivity contribution in [3.05, 3.63) is 76.2 Å². The molecule has 31 heavy (non-hydrogen) atoms. The van der Waals surface area contributed by atoms with Crippen molar-refractivity contribution in [2.45, 2.75) is 20.4 Å². The average Bonchev–Trinajstić information content (AvgIpc) is 2.76. The molecule has 8 heteroatoms. The molecular formula is C23H24N4O4. The highest BCUT2D eigenvalue weighted by Gasteiger charge is 2.19. The molecule has 2 N–H and O–H groups in total. The molecule has 0 fully saturated rings. The van der Waals surface area contributed by atoms with Gasteiger partial charge in [-0.05, 0) is 31.5 Å². The largest absolute Gasteiger partial charge is 0.495 e. The van der Waals surface area contributed by atoms with E-state index < -0.39 is 17.4 Å². The van der Waals surface area contributed by atoms with Crippen LogP contribution in [0, 0.1) is 6.92 Å². The zero-order valence-electron chi connectivity index (χ0n) is 17.6. The molecular weight excluding hydrogens is 396 g/mol. The van der Waals surface area contributed by atoms with Crippen molar-refractivity contribution >= 4 is 17.5 Å². The number of nitrogens with one attached hydrogen (secondary N) is 2. The van der Waals surface area contributed by atoms with Crippen LogP contribution in [0.5, 0.6) is 5.75 Å². The van der Waals surface area contributed by atoms with Gasteiger partial charge < -0.3 is 15.4 Å². The third-order valence-electron chi connectivity index (χ3n) is 4.59. The highest BCUT2D eigenvalue weighted by molar-refractivity contribution is 5.94. The van der Waals surface area contributed by atoms with Gasteiger partial charge in [0.05, 0.1) is 12.8 Å². The number of benzene rings is 2. The third-order valence-corrected chi connectivity index (χ3v) is 4.59. The molecule has 0 aliphatic heterocycles. The lowest BCUT2D eigenvalue weighted by molar-refractivity contribution is -0.116. The van der Waals surface area contributed by atoms with Crippen LogP contribution in [0.1, 0.15) is 22.8 Å². The maximum absolute atomic E-state index is 13.1. The first-order chi connectivity index (χ1) is 14.9. The second-order valence-corrected chi connectivity index (χ2v) is 6.86. The van der Waals surface area contributed by atoms with Gasteiger partial charge in [-0.15, -0.1) is 0 Å². The van der Waals surface area contributed by atoms with Crippen LogP contribution in [0.3, 0.4) is 0 Å². The molecule has 2 aromatic carbocycles. The standard InChI is InChI=1S/C23H24N4O4/c1-4-24-22(29)17-13-25-21(16-8-6-5-7-9-16)27(23(17)30)14-20(28)26-18-12-15(2)10-11-19(18)31-3/h5-13H,4,14H2,1-3H3,(H,24,29)(H,26,28). The van der Waals surface area contributed by atoms with E-state index in [0.717, 1.165) is 5.56 Å². The summed E-state index contributed by atoms with van der Waals surface area (Å²) in [6.45, 7) is 3.70. The van der Waals surface area contributed by atoms with Crippen LogP contribution in [-0.2, 0) is 11.3 Å². The number of aryl methyl sites for hydroxylation is 1. The Balaban J connectivity index is 2.00. The fraction of sp³-hybridized carbons (Fsp3) is 0.217. The summed E-state index contributed by atoms with van der Waals surface area (Å²) in [6, 6.07) is 14.4. The summed E-state index contributed by atoms with van der Waals surface area (Å²) in [5.74, 6) is -0.180. The predicted molar refractivity (Wildman–Crippen MR) is 118 cm³/mol. The van der Waals surface area contributed by atoms with Gasteiger partial charge in [0.15, 0.2) is 0 Å². The van der Waals surface area contributed by atoms with E-state index in [9.17, 15) is 14.4 Å². The Hall–Kier alpha value is -3.94. The number of aromatic nitrogens is 2. The minimum absolute atomic E-state index is 0.123. The van der Waals surface area contributed by atoms with Gasteiger partial charge in [0, 0.05) is 18.3 Å². The SMILES string of the molecule is CCNC(=O)c1cnc(-c2ccccc2)n(CC(=O)Nc2cc(C)ccc2OC)c1=O. The molecule has 0 radical (unpaired) electrons. The lowest BCUT2D eigenvalue weighted by atomic mass is 10.2.